The van der Waals surface area contributed by atoms with E-state index in [0.29, 0.717) is 6.54 Å². The Kier molecular flexibility index (Phi) is 21.4. The van der Waals surface area contributed by atoms with Crippen LogP contribution in [0.3, 0.4) is 0 Å². The molecule has 0 aromatic heterocycles. The van der Waals surface area contributed by atoms with Gasteiger partial charge in [0.2, 0.25) is 0 Å². The van der Waals surface area contributed by atoms with Crippen molar-refractivity contribution in [3.63, 3.8) is 0 Å². The average molecular weight is 225 g/mol. The van der Waals surface area contributed by atoms with Crippen molar-refractivity contribution in [1.82, 2.24) is 0 Å². The molecule has 0 aliphatic rings. The van der Waals surface area contributed by atoms with E-state index in [2.05, 4.69) is 32.0 Å². The van der Waals surface area contributed by atoms with Gasteiger partial charge in [-0.15, -0.1) is 0 Å². The maximum atomic E-state index is 5.50. The Bertz CT molecular complexity index is 229. The molecular weight excluding hydrogens is 194 g/mol. The molecule has 1 heteroatoms. The van der Waals surface area contributed by atoms with Gasteiger partial charge in [0.15, 0.2) is 0 Å². The predicted molar refractivity (Wildman–Crippen MR) is 77.9 cm³/mol. The van der Waals surface area contributed by atoms with E-state index >= 15 is 0 Å². The summed E-state index contributed by atoms with van der Waals surface area (Å²) in [4.78, 5) is 0. The Hall–Kier alpha value is -0.820. The third kappa shape index (κ3) is 9.72. The number of aryl methyl sites for hydroxylation is 2. The minimum atomic E-state index is 0.645. The van der Waals surface area contributed by atoms with E-state index < -0.39 is 0 Å². The van der Waals surface area contributed by atoms with Gasteiger partial charge in [0, 0.05) is 6.54 Å². The monoisotopic (exact) mass is 225 g/mol. The standard InChI is InChI=1S/C9H13N.3C2H6/c1-7-3-4-9(6-10)8(2)5-7;3*1-2/h3-5H,6,10H2,1-2H3;3*1-2H3. The number of benzene rings is 1. The third-order valence-electron chi connectivity index (χ3n) is 1.72. The first kappa shape index (κ1) is 20.6. The van der Waals surface area contributed by atoms with Crippen LogP contribution in [0.15, 0.2) is 18.2 Å². The van der Waals surface area contributed by atoms with Gasteiger partial charge in [-0.1, -0.05) is 65.3 Å². The molecule has 2 N–H and O–H groups in total. The average Bonchev–Trinajstić information content (AvgIpc) is 2.37. The van der Waals surface area contributed by atoms with E-state index in [1.54, 1.807) is 0 Å². The van der Waals surface area contributed by atoms with Crippen LogP contribution in [-0.2, 0) is 6.54 Å². The molecule has 0 atom stereocenters. The third-order valence-corrected chi connectivity index (χ3v) is 1.72. The predicted octanol–water partition coefficient (Wildman–Crippen LogP) is 4.84. The highest BCUT2D eigenvalue weighted by molar-refractivity contribution is 5.29. The fraction of sp³-hybridized carbons (Fsp3) is 0.600. The van der Waals surface area contributed by atoms with Crippen LogP contribution in [0.25, 0.3) is 0 Å². The van der Waals surface area contributed by atoms with Crippen molar-refractivity contribution >= 4 is 0 Å². The maximum Gasteiger partial charge on any atom is 0.0180 e. The van der Waals surface area contributed by atoms with Gasteiger partial charge >= 0.3 is 0 Å². The summed E-state index contributed by atoms with van der Waals surface area (Å²) in [5.41, 5.74) is 9.34. The lowest BCUT2D eigenvalue weighted by atomic mass is 10.1. The summed E-state index contributed by atoms with van der Waals surface area (Å²) in [6.07, 6.45) is 0. The molecule has 0 saturated carbocycles. The van der Waals surface area contributed by atoms with Crippen molar-refractivity contribution in [2.45, 2.75) is 61.9 Å². The highest BCUT2D eigenvalue weighted by Gasteiger charge is 1.93. The minimum absolute atomic E-state index is 0.645. The lowest BCUT2D eigenvalue weighted by Crippen LogP contribution is -1.98. The molecule has 1 nitrogen and oxygen atoms in total. The molecule has 0 saturated heterocycles. The van der Waals surface area contributed by atoms with Crippen LogP contribution in [-0.4, -0.2) is 0 Å². The first-order valence-corrected chi connectivity index (χ1v) is 6.50. The van der Waals surface area contributed by atoms with Crippen molar-refractivity contribution in [3.05, 3.63) is 34.9 Å². The second-order valence-electron chi connectivity index (χ2n) is 2.63. The Morgan fingerprint density at radius 3 is 1.62 bits per heavy atom. The zero-order valence-corrected chi connectivity index (χ0v) is 12.5. The first-order chi connectivity index (χ1) is 7.74. The molecule has 0 unspecified atom stereocenters. The van der Waals surface area contributed by atoms with E-state index in [1.165, 1.54) is 16.7 Å². The second kappa shape index (κ2) is 16.6. The minimum Gasteiger partial charge on any atom is -0.326 e. The maximum absolute atomic E-state index is 5.50. The van der Waals surface area contributed by atoms with Gasteiger partial charge in [-0.2, -0.15) is 0 Å². The van der Waals surface area contributed by atoms with Crippen LogP contribution >= 0.6 is 0 Å². The van der Waals surface area contributed by atoms with Crippen LogP contribution < -0.4 is 5.73 Å². The Morgan fingerprint density at radius 2 is 1.31 bits per heavy atom. The van der Waals surface area contributed by atoms with Gasteiger partial charge in [0.1, 0.15) is 0 Å². The highest BCUT2D eigenvalue weighted by atomic mass is 14.5. The molecule has 0 fully saturated rings. The topological polar surface area (TPSA) is 26.0 Å². The van der Waals surface area contributed by atoms with Crippen molar-refractivity contribution < 1.29 is 0 Å². The van der Waals surface area contributed by atoms with E-state index in [1.807, 2.05) is 41.5 Å². The molecule has 96 valence electrons. The largest absolute Gasteiger partial charge is 0.326 e. The highest BCUT2D eigenvalue weighted by Crippen LogP contribution is 2.08. The van der Waals surface area contributed by atoms with Gasteiger partial charge in [-0.25, -0.2) is 0 Å². The fourth-order valence-corrected chi connectivity index (χ4v) is 1.07. The lowest BCUT2D eigenvalue weighted by Gasteiger charge is -2.02. The molecule has 0 aliphatic heterocycles. The second-order valence-corrected chi connectivity index (χ2v) is 2.63. The Morgan fingerprint density at radius 1 is 0.875 bits per heavy atom. The van der Waals surface area contributed by atoms with Crippen LogP contribution in [0, 0.1) is 13.8 Å². The molecule has 0 heterocycles. The summed E-state index contributed by atoms with van der Waals surface area (Å²) in [5, 5.41) is 0. The number of hydrogen-bond donors (Lipinski definition) is 1. The molecule has 0 aliphatic carbocycles. The molecule has 1 aromatic rings. The summed E-state index contributed by atoms with van der Waals surface area (Å²) in [7, 11) is 0. The molecule has 1 rings (SSSR count). The number of rotatable bonds is 1. The van der Waals surface area contributed by atoms with Gasteiger partial charge in [-0.05, 0) is 25.0 Å². The Labute approximate surface area is 103 Å². The van der Waals surface area contributed by atoms with Crippen LogP contribution in [0.2, 0.25) is 0 Å². The smallest absolute Gasteiger partial charge is 0.0180 e. The normalized spacial score (nSPS) is 7.31. The van der Waals surface area contributed by atoms with E-state index in [4.69, 9.17) is 5.73 Å². The van der Waals surface area contributed by atoms with Crippen LogP contribution in [0.4, 0.5) is 0 Å². The molecule has 1 aromatic carbocycles. The van der Waals surface area contributed by atoms with Gasteiger partial charge in [-0.3, -0.25) is 0 Å². The Balaban J connectivity index is -0.000000245. The van der Waals surface area contributed by atoms with E-state index in [-0.39, 0.29) is 0 Å². The van der Waals surface area contributed by atoms with Gasteiger partial charge in [0.25, 0.3) is 0 Å². The summed E-state index contributed by atoms with van der Waals surface area (Å²) in [6, 6.07) is 6.34. The van der Waals surface area contributed by atoms with Gasteiger partial charge < -0.3 is 5.73 Å². The van der Waals surface area contributed by atoms with Crippen LogP contribution in [0.5, 0.6) is 0 Å². The zero-order chi connectivity index (χ0) is 13.6. The van der Waals surface area contributed by atoms with Gasteiger partial charge in [0.05, 0.1) is 0 Å². The summed E-state index contributed by atoms with van der Waals surface area (Å²) in [6.45, 7) is 16.8. The molecule has 0 amide bonds. The van der Waals surface area contributed by atoms with Crippen LogP contribution in [0.1, 0.15) is 58.2 Å². The van der Waals surface area contributed by atoms with Crippen molar-refractivity contribution in [2.24, 2.45) is 5.73 Å². The van der Waals surface area contributed by atoms with Crippen molar-refractivity contribution in [2.75, 3.05) is 0 Å². The van der Waals surface area contributed by atoms with Crippen molar-refractivity contribution in [1.29, 1.82) is 0 Å². The summed E-state index contributed by atoms with van der Waals surface area (Å²) >= 11 is 0. The molecular formula is C15H31N. The van der Waals surface area contributed by atoms with E-state index in [0.717, 1.165) is 0 Å². The molecule has 16 heavy (non-hydrogen) atoms. The first-order valence-electron chi connectivity index (χ1n) is 6.50. The molecule has 0 radical (unpaired) electrons. The SMILES string of the molecule is CC.CC.CC.Cc1ccc(CN)c(C)c1. The van der Waals surface area contributed by atoms with E-state index in [9.17, 15) is 0 Å². The number of hydrogen-bond acceptors (Lipinski definition) is 1. The lowest BCUT2D eigenvalue weighted by molar-refractivity contribution is 1.05. The summed E-state index contributed by atoms with van der Waals surface area (Å²) in [5.74, 6) is 0. The number of nitrogens with two attached hydrogens (primary N) is 1. The zero-order valence-electron chi connectivity index (χ0n) is 12.5. The molecule has 0 spiro atoms. The van der Waals surface area contributed by atoms with Crippen molar-refractivity contribution in [3.8, 4) is 0 Å². The fourth-order valence-electron chi connectivity index (χ4n) is 1.07. The quantitative estimate of drug-likeness (QED) is 0.727. The summed E-state index contributed by atoms with van der Waals surface area (Å²) < 4.78 is 0. The molecule has 0 bridgehead atoms.